The van der Waals surface area contributed by atoms with E-state index in [0.717, 1.165) is 11.6 Å². The molecule has 98 valence electrons. The van der Waals surface area contributed by atoms with Gasteiger partial charge in [-0.15, -0.1) is 0 Å². The molecule has 0 heterocycles. The smallest absolute Gasteiger partial charge is 0.200 e. The van der Waals surface area contributed by atoms with Gasteiger partial charge in [0.2, 0.25) is 0 Å². The molecule has 0 radical (unpaired) electrons. The second kappa shape index (κ2) is 5.85. The van der Waals surface area contributed by atoms with Crippen molar-refractivity contribution in [3.8, 4) is 5.75 Å². The van der Waals surface area contributed by atoms with E-state index >= 15 is 0 Å². The summed E-state index contributed by atoms with van der Waals surface area (Å²) >= 11 is 5.80. The van der Waals surface area contributed by atoms with Crippen LogP contribution in [0.25, 0.3) is 0 Å². The van der Waals surface area contributed by atoms with Crippen molar-refractivity contribution in [2.24, 2.45) is 0 Å². The number of ketones is 1. The summed E-state index contributed by atoms with van der Waals surface area (Å²) in [6.07, 6.45) is 0. The molecule has 2 nitrogen and oxygen atoms in total. The number of aryl methyl sites for hydroxylation is 1. The normalized spacial score (nSPS) is 10.3. The number of hydrogen-bond acceptors (Lipinski definition) is 2. The first-order valence-electron chi connectivity index (χ1n) is 5.74. The van der Waals surface area contributed by atoms with Gasteiger partial charge in [0.15, 0.2) is 12.4 Å². The Morgan fingerprint density at radius 2 is 1.89 bits per heavy atom. The molecular formula is C15H12ClFO2. The summed E-state index contributed by atoms with van der Waals surface area (Å²) in [5.41, 5.74) is 1.66. The van der Waals surface area contributed by atoms with Crippen molar-refractivity contribution in [2.45, 2.75) is 6.92 Å². The maximum absolute atomic E-state index is 12.8. The molecule has 4 heteroatoms. The van der Waals surface area contributed by atoms with Crippen molar-refractivity contribution >= 4 is 17.4 Å². The number of carbonyl (C=O) groups is 1. The summed E-state index contributed by atoms with van der Waals surface area (Å²) < 4.78 is 18.1. The fourth-order valence-corrected chi connectivity index (χ4v) is 1.78. The highest BCUT2D eigenvalue weighted by molar-refractivity contribution is 6.32. The predicted molar refractivity (Wildman–Crippen MR) is 72.4 cm³/mol. The minimum absolute atomic E-state index is 0.131. The van der Waals surface area contributed by atoms with E-state index in [1.807, 2.05) is 19.1 Å². The van der Waals surface area contributed by atoms with Crippen molar-refractivity contribution in [2.75, 3.05) is 6.61 Å². The number of carbonyl (C=O) groups excluding carboxylic acids is 1. The standard InChI is InChI=1S/C15H12ClFO2/c1-10-2-4-11(5-3-10)14(18)9-19-15-7-6-12(17)8-13(15)16/h2-8H,9H2,1H3. The number of benzene rings is 2. The molecule has 0 aromatic heterocycles. The van der Waals surface area contributed by atoms with Gasteiger partial charge in [-0.1, -0.05) is 41.4 Å². The van der Waals surface area contributed by atoms with E-state index in [-0.39, 0.29) is 17.4 Å². The molecule has 0 atom stereocenters. The molecule has 0 N–H and O–H groups in total. The van der Waals surface area contributed by atoms with Gasteiger partial charge in [-0.05, 0) is 25.1 Å². The Kier molecular flexibility index (Phi) is 4.17. The van der Waals surface area contributed by atoms with Crippen LogP contribution in [0.1, 0.15) is 15.9 Å². The average Bonchev–Trinajstić information content (AvgIpc) is 2.38. The largest absolute Gasteiger partial charge is 0.484 e. The number of rotatable bonds is 4. The van der Waals surface area contributed by atoms with Crippen LogP contribution in [0.3, 0.4) is 0 Å². The molecule has 2 aromatic rings. The van der Waals surface area contributed by atoms with Gasteiger partial charge in [0.25, 0.3) is 0 Å². The monoisotopic (exact) mass is 278 g/mol. The van der Waals surface area contributed by atoms with Crippen LogP contribution in [0.4, 0.5) is 4.39 Å². The molecule has 0 aliphatic heterocycles. The molecule has 0 aliphatic carbocycles. The molecule has 0 bridgehead atoms. The van der Waals surface area contributed by atoms with Crippen LogP contribution >= 0.6 is 11.6 Å². The average molecular weight is 279 g/mol. The Labute approximate surface area is 115 Å². The van der Waals surface area contributed by atoms with Crippen LogP contribution in [0.5, 0.6) is 5.75 Å². The summed E-state index contributed by atoms with van der Waals surface area (Å²) in [5, 5.41) is 0.150. The Balaban J connectivity index is 2.02. The number of halogens is 2. The van der Waals surface area contributed by atoms with Crippen molar-refractivity contribution in [3.63, 3.8) is 0 Å². The lowest BCUT2D eigenvalue weighted by atomic mass is 10.1. The fraction of sp³-hybridized carbons (Fsp3) is 0.133. The summed E-state index contributed by atoms with van der Waals surface area (Å²) in [7, 11) is 0. The Hall–Kier alpha value is -1.87. The van der Waals surface area contributed by atoms with Crippen molar-refractivity contribution in [1.29, 1.82) is 0 Å². The lowest BCUT2D eigenvalue weighted by Gasteiger charge is -2.07. The van der Waals surface area contributed by atoms with Crippen LogP contribution < -0.4 is 4.74 Å². The van der Waals surface area contributed by atoms with Crippen LogP contribution in [0.15, 0.2) is 42.5 Å². The minimum Gasteiger partial charge on any atom is -0.484 e. The van der Waals surface area contributed by atoms with Crippen molar-refractivity contribution in [3.05, 3.63) is 64.4 Å². The van der Waals surface area contributed by atoms with Gasteiger partial charge in [-0.3, -0.25) is 4.79 Å². The van der Waals surface area contributed by atoms with Gasteiger partial charge in [0, 0.05) is 5.56 Å². The van der Waals surface area contributed by atoms with E-state index in [1.165, 1.54) is 12.1 Å². The van der Waals surface area contributed by atoms with Gasteiger partial charge in [-0.2, -0.15) is 0 Å². The number of hydrogen-bond donors (Lipinski definition) is 0. The highest BCUT2D eigenvalue weighted by atomic mass is 35.5. The zero-order valence-corrected chi connectivity index (χ0v) is 11.1. The minimum atomic E-state index is -0.442. The fourth-order valence-electron chi connectivity index (χ4n) is 1.56. The van der Waals surface area contributed by atoms with Gasteiger partial charge in [0.05, 0.1) is 5.02 Å². The van der Waals surface area contributed by atoms with Crippen molar-refractivity contribution in [1.82, 2.24) is 0 Å². The molecule has 0 unspecified atom stereocenters. The molecule has 0 aliphatic rings. The van der Waals surface area contributed by atoms with E-state index < -0.39 is 5.82 Å². The zero-order valence-electron chi connectivity index (χ0n) is 10.3. The second-order valence-electron chi connectivity index (χ2n) is 4.15. The van der Waals surface area contributed by atoms with Gasteiger partial charge in [0.1, 0.15) is 11.6 Å². The van der Waals surface area contributed by atoms with E-state index in [0.29, 0.717) is 11.3 Å². The van der Waals surface area contributed by atoms with Gasteiger partial charge in [-0.25, -0.2) is 4.39 Å². The molecule has 2 rings (SSSR count). The van der Waals surface area contributed by atoms with Crippen LogP contribution in [-0.4, -0.2) is 12.4 Å². The van der Waals surface area contributed by atoms with E-state index in [2.05, 4.69) is 0 Å². The molecule has 19 heavy (non-hydrogen) atoms. The van der Waals surface area contributed by atoms with Crippen LogP contribution in [-0.2, 0) is 0 Å². The van der Waals surface area contributed by atoms with Gasteiger partial charge < -0.3 is 4.74 Å². The lowest BCUT2D eigenvalue weighted by molar-refractivity contribution is 0.0921. The van der Waals surface area contributed by atoms with Crippen molar-refractivity contribution < 1.29 is 13.9 Å². The second-order valence-corrected chi connectivity index (χ2v) is 4.56. The maximum atomic E-state index is 12.8. The molecule has 0 spiro atoms. The summed E-state index contributed by atoms with van der Waals surface area (Å²) in [6, 6.07) is 11.0. The van der Waals surface area contributed by atoms with E-state index in [4.69, 9.17) is 16.3 Å². The Morgan fingerprint density at radius 1 is 1.21 bits per heavy atom. The third-order valence-electron chi connectivity index (χ3n) is 2.63. The first-order chi connectivity index (χ1) is 9.06. The Morgan fingerprint density at radius 3 is 2.53 bits per heavy atom. The summed E-state index contributed by atoms with van der Waals surface area (Å²) in [5.74, 6) is -0.300. The lowest BCUT2D eigenvalue weighted by Crippen LogP contribution is -2.11. The molecular weight excluding hydrogens is 267 g/mol. The molecule has 0 amide bonds. The van der Waals surface area contributed by atoms with E-state index in [1.54, 1.807) is 12.1 Å². The quantitative estimate of drug-likeness (QED) is 0.789. The molecule has 2 aromatic carbocycles. The third-order valence-corrected chi connectivity index (χ3v) is 2.92. The topological polar surface area (TPSA) is 26.3 Å². The van der Waals surface area contributed by atoms with Crippen LogP contribution in [0, 0.1) is 12.7 Å². The number of Topliss-reactive ketones (excluding diaryl/α,β-unsaturated/α-hetero) is 1. The highest BCUT2D eigenvalue weighted by Gasteiger charge is 2.09. The predicted octanol–water partition coefficient (Wildman–Crippen LogP) is 4.05. The molecule has 0 fully saturated rings. The summed E-state index contributed by atoms with van der Waals surface area (Å²) in [6.45, 7) is 1.82. The van der Waals surface area contributed by atoms with Crippen LogP contribution in [0.2, 0.25) is 5.02 Å². The maximum Gasteiger partial charge on any atom is 0.200 e. The molecule has 0 saturated heterocycles. The molecule has 0 saturated carbocycles. The number of ether oxygens (including phenoxy) is 1. The summed E-state index contributed by atoms with van der Waals surface area (Å²) in [4.78, 5) is 11.9. The SMILES string of the molecule is Cc1ccc(C(=O)COc2ccc(F)cc2Cl)cc1. The zero-order chi connectivity index (χ0) is 13.8. The van der Waals surface area contributed by atoms with Gasteiger partial charge >= 0.3 is 0 Å². The Bertz CT molecular complexity index is 594. The first kappa shape index (κ1) is 13.6. The third kappa shape index (κ3) is 3.55. The first-order valence-corrected chi connectivity index (χ1v) is 6.12. The van der Waals surface area contributed by atoms with E-state index in [9.17, 15) is 9.18 Å². The highest BCUT2D eigenvalue weighted by Crippen LogP contribution is 2.24.